The molecule has 0 N–H and O–H groups in total. The van der Waals surface area contributed by atoms with Crippen LogP contribution in [-0.2, 0) is 11.2 Å². The van der Waals surface area contributed by atoms with Crippen molar-refractivity contribution in [1.82, 2.24) is 0 Å². The Balaban J connectivity index is 1.59. The zero-order chi connectivity index (χ0) is 15.2. The number of carbonyl (C=O) groups excluding carboxylic acids is 1. The average Bonchev–Trinajstić information content (AvgIpc) is 2.56. The van der Waals surface area contributed by atoms with Gasteiger partial charge < -0.3 is 0 Å². The molecule has 3 rings (SSSR count). The van der Waals surface area contributed by atoms with Crippen LogP contribution in [0, 0.1) is 6.07 Å². The maximum absolute atomic E-state index is 12.2. The molecule has 0 aliphatic carbocycles. The van der Waals surface area contributed by atoms with Gasteiger partial charge in [0.2, 0.25) is 0 Å². The normalized spacial score (nSPS) is 10.7. The van der Waals surface area contributed by atoms with Crippen molar-refractivity contribution < 1.29 is 4.79 Å². The Morgan fingerprint density at radius 2 is 1.73 bits per heavy atom. The summed E-state index contributed by atoms with van der Waals surface area (Å²) >= 11 is 1.72. The second kappa shape index (κ2) is 7.28. The number of hydrogen-bond acceptors (Lipinski definition) is 2. The lowest BCUT2D eigenvalue weighted by Gasteiger charge is -2.06. The third kappa shape index (κ3) is 3.77. The van der Waals surface area contributed by atoms with Crippen molar-refractivity contribution in [2.75, 3.05) is 5.75 Å². The quantitative estimate of drug-likeness (QED) is 0.600. The number of ketones is 1. The van der Waals surface area contributed by atoms with Crippen molar-refractivity contribution in [3.05, 3.63) is 78.4 Å². The molecule has 0 saturated heterocycles. The fraction of sp³-hybridized carbons (Fsp3) is 0.150. The molecule has 109 valence electrons. The fourth-order valence-corrected chi connectivity index (χ4v) is 3.39. The topological polar surface area (TPSA) is 17.1 Å². The smallest absolute Gasteiger partial charge is 0.138 e. The van der Waals surface area contributed by atoms with Gasteiger partial charge in [0.1, 0.15) is 5.78 Å². The van der Waals surface area contributed by atoms with Gasteiger partial charge in [-0.05, 0) is 34.5 Å². The molecule has 0 aromatic heterocycles. The molecule has 2 heteroatoms. The predicted octanol–water partition coefficient (Wildman–Crippen LogP) is 4.93. The first-order chi connectivity index (χ1) is 10.8. The zero-order valence-electron chi connectivity index (χ0n) is 12.3. The van der Waals surface area contributed by atoms with E-state index < -0.39 is 0 Å². The van der Waals surface area contributed by atoms with Crippen LogP contribution in [0.1, 0.15) is 12.0 Å². The summed E-state index contributed by atoms with van der Waals surface area (Å²) < 4.78 is 0. The molecule has 0 bridgehead atoms. The Morgan fingerprint density at radius 3 is 2.59 bits per heavy atom. The summed E-state index contributed by atoms with van der Waals surface area (Å²) in [5, 5.41) is 2.38. The Bertz CT molecular complexity index is 760. The predicted molar refractivity (Wildman–Crippen MR) is 93.3 cm³/mol. The first-order valence-corrected chi connectivity index (χ1v) is 8.39. The van der Waals surface area contributed by atoms with E-state index >= 15 is 0 Å². The van der Waals surface area contributed by atoms with E-state index in [0.717, 1.165) is 11.3 Å². The largest absolute Gasteiger partial charge is 0.299 e. The number of fused-ring (bicyclic) bond motifs is 1. The fourth-order valence-electron chi connectivity index (χ4n) is 2.50. The first-order valence-electron chi connectivity index (χ1n) is 7.40. The highest BCUT2D eigenvalue weighted by molar-refractivity contribution is 7.99. The molecule has 0 amide bonds. The number of Topliss-reactive ketones (excluding diaryl/α,β-unsaturated/α-hetero) is 1. The number of rotatable bonds is 6. The molecule has 0 heterocycles. The van der Waals surface area contributed by atoms with Crippen molar-refractivity contribution in [3.63, 3.8) is 0 Å². The Kier molecular flexibility index (Phi) is 4.92. The minimum atomic E-state index is 0.298. The Labute approximate surface area is 135 Å². The molecule has 0 saturated carbocycles. The first kappa shape index (κ1) is 14.9. The minimum absolute atomic E-state index is 0.298. The number of carbonyl (C=O) groups is 1. The van der Waals surface area contributed by atoms with E-state index in [-0.39, 0.29) is 0 Å². The molecular weight excluding hydrogens is 288 g/mol. The molecule has 3 aromatic carbocycles. The summed E-state index contributed by atoms with van der Waals surface area (Å²) in [7, 11) is 0. The van der Waals surface area contributed by atoms with E-state index in [1.165, 1.54) is 15.7 Å². The molecule has 1 radical (unpaired) electrons. The molecule has 3 aromatic rings. The molecule has 0 unspecified atom stereocenters. The maximum atomic E-state index is 12.2. The lowest BCUT2D eigenvalue weighted by atomic mass is 10.00. The van der Waals surface area contributed by atoms with E-state index in [0.29, 0.717) is 18.6 Å². The van der Waals surface area contributed by atoms with Crippen LogP contribution in [0.2, 0.25) is 0 Å². The lowest BCUT2D eigenvalue weighted by molar-refractivity contribution is -0.118. The molecule has 22 heavy (non-hydrogen) atoms. The summed E-state index contributed by atoms with van der Waals surface area (Å²) in [6.45, 7) is 0. The minimum Gasteiger partial charge on any atom is -0.299 e. The van der Waals surface area contributed by atoms with Crippen LogP contribution in [0.3, 0.4) is 0 Å². The molecule has 0 aliphatic rings. The van der Waals surface area contributed by atoms with Gasteiger partial charge in [0.15, 0.2) is 0 Å². The third-order valence-corrected chi connectivity index (χ3v) is 4.62. The summed E-state index contributed by atoms with van der Waals surface area (Å²) in [6.07, 6.45) is 1.12. The van der Waals surface area contributed by atoms with E-state index in [2.05, 4.69) is 30.3 Å². The lowest BCUT2D eigenvalue weighted by Crippen LogP contribution is -2.04. The summed E-state index contributed by atoms with van der Waals surface area (Å²) in [4.78, 5) is 13.4. The molecule has 0 atom stereocenters. The number of benzene rings is 3. The zero-order valence-corrected chi connectivity index (χ0v) is 13.1. The van der Waals surface area contributed by atoms with E-state index in [1.54, 1.807) is 11.8 Å². The highest BCUT2D eigenvalue weighted by atomic mass is 32.2. The summed E-state index contributed by atoms with van der Waals surface area (Å²) in [6, 6.07) is 25.3. The van der Waals surface area contributed by atoms with Gasteiger partial charge in [0, 0.05) is 23.5 Å². The molecule has 0 spiro atoms. The molecule has 1 nitrogen and oxygen atoms in total. The second-order valence-electron chi connectivity index (χ2n) is 5.19. The Hall–Kier alpha value is -2.06. The van der Waals surface area contributed by atoms with Crippen molar-refractivity contribution >= 4 is 28.3 Å². The summed E-state index contributed by atoms with van der Waals surface area (Å²) in [5.41, 5.74) is 1.13. The Morgan fingerprint density at radius 1 is 0.955 bits per heavy atom. The van der Waals surface area contributed by atoms with Crippen LogP contribution in [-0.4, -0.2) is 11.5 Å². The van der Waals surface area contributed by atoms with Crippen molar-refractivity contribution in [2.24, 2.45) is 0 Å². The van der Waals surface area contributed by atoms with Crippen molar-refractivity contribution in [1.29, 1.82) is 0 Å². The average molecular weight is 305 g/mol. The maximum Gasteiger partial charge on any atom is 0.138 e. The molecule has 0 fully saturated rings. The highest BCUT2D eigenvalue weighted by Crippen LogP contribution is 2.21. The van der Waals surface area contributed by atoms with Gasteiger partial charge >= 0.3 is 0 Å². The van der Waals surface area contributed by atoms with Crippen LogP contribution in [0.5, 0.6) is 0 Å². The van der Waals surface area contributed by atoms with Gasteiger partial charge in [0.25, 0.3) is 0 Å². The monoisotopic (exact) mass is 305 g/mol. The van der Waals surface area contributed by atoms with Gasteiger partial charge in [-0.3, -0.25) is 4.79 Å². The standard InChI is InChI=1S/C20H17OS/c21-18(13-14-22-19-10-2-1-3-11-19)15-17-9-6-8-16-7-4-5-12-20(16)17/h2-12H,13-15H2. The molecule has 0 aliphatic heterocycles. The van der Waals surface area contributed by atoms with Gasteiger partial charge in [-0.15, -0.1) is 11.8 Å². The highest BCUT2D eigenvalue weighted by Gasteiger charge is 2.07. The third-order valence-electron chi connectivity index (χ3n) is 3.60. The molecular formula is C20H17OS. The van der Waals surface area contributed by atoms with Crippen LogP contribution in [0.15, 0.2) is 71.6 Å². The SMILES string of the molecule is O=C(CCSc1cc[c]cc1)Cc1cccc2ccccc12. The van der Waals surface area contributed by atoms with Crippen LogP contribution in [0.25, 0.3) is 10.8 Å². The number of thioether (sulfide) groups is 1. The summed E-state index contributed by atoms with van der Waals surface area (Å²) in [5.74, 6) is 1.12. The van der Waals surface area contributed by atoms with E-state index in [9.17, 15) is 4.79 Å². The van der Waals surface area contributed by atoms with Crippen LogP contribution in [0.4, 0.5) is 0 Å². The second-order valence-corrected chi connectivity index (χ2v) is 6.36. The van der Waals surface area contributed by atoms with E-state index in [1.807, 2.05) is 42.5 Å². The van der Waals surface area contributed by atoms with Gasteiger partial charge in [-0.25, -0.2) is 0 Å². The number of hydrogen-bond donors (Lipinski definition) is 0. The van der Waals surface area contributed by atoms with Crippen molar-refractivity contribution in [2.45, 2.75) is 17.7 Å². The van der Waals surface area contributed by atoms with Gasteiger partial charge in [-0.1, -0.05) is 54.6 Å². The van der Waals surface area contributed by atoms with Gasteiger partial charge in [0.05, 0.1) is 0 Å². The van der Waals surface area contributed by atoms with Crippen molar-refractivity contribution in [3.8, 4) is 0 Å². The van der Waals surface area contributed by atoms with Gasteiger partial charge in [-0.2, -0.15) is 0 Å². The van der Waals surface area contributed by atoms with E-state index in [4.69, 9.17) is 0 Å². The van der Waals surface area contributed by atoms with Crippen LogP contribution >= 0.6 is 11.8 Å². The van der Waals surface area contributed by atoms with Crippen LogP contribution < -0.4 is 0 Å².